The van der Waals surface area contributed by atoms with Crippen molar-refractivity contribution in [2.45, 2.75) is 0 Å². The molecule has 10 aromatic rings. The molecule has 1 N–H and O–H groups in total. The summed E-state index contributed by atoms with van der Waals surface area (Å²) in [4.78, 5) is 3.48. The quantitative estimate of drug-likeness (QED) is 0.198. The van der Waals surface area contributed by atoms with E-state index in [1.807, 2.05) is 30.3 Å². The second-order valence-corrected chi connectivity index (χ2v) is 12.9. The highest BCUT2D eigenvalue weighted by Gasteiger charge is 2.13. The molecule has 0 aliphatic carbocycles. The third-order valence-electron chi connectivity index (χ3n) is 9.81. The summed E-state index contributed by atoms with van der Waals surface area (Å²) in [6, 6.07) is 65.6. The van der Waals surface area contributed by atoms with E-state index in [1.165, 1.54) is 38.5 Å². The highest BCUT2D eigenvalue weighted by Crippen LogP contribution is 2.38. The Balaban J connectivity index is 0.000000149. The molecule has 52 heavy (non-hydrogen) atoms. The molecule has 8 aromatic carbocycles. The first-order valence-electron chi connectivity index (χ1n) is 17.5. The van der Waals surface area contributed by atoms with Crippen molar-refractivity contribution in [3.63, 3.8) is 0 Å². The first kappa shape index (κ1) is 31.2. The SMILES string of the molecule is COc1ccccc1-c1ccc2c(c1)[nH]c1ccccc12.c1ccc(-c2cccc(-c3cccc(-c4cccc5c4oc4ccccc45)c3)c2)cc1. The lowest BCUT2D eigenvalue weighted by atomic mass is 9.95. The van der Waals surface area contributed by atoms with Crippen molar-refractivity contribution in [2.24, 2.45) is 0 Å². The van der Waals surface area contributed by atoms with Crippen LogP contribution in [0.1, 0.15) is 0 Å². The molecular formula is C49H35NO2. The van der Waals surface area contributed by atoms with E-state index in [-0.39, 0.29) is 0 Å². The van der Waals surface area contributed by atoms with Crippen LogP contribution in [-0.4, -0.2) is 12.1 Å². The van der Waals surface area contributed by atoms with Gasteiger partial charge in [-0.05, 0) is 69.8 Å². The summed E-state index contributed by atoms with van der Waals surface area (Å²) in [6.45, 7) is 0. The number of para-hydroxylation sites is 4. The van der Waals surface area contributed by atoms with Gasteiger partial charge in [-0.25, -0.2) is 0 Å². The third-order valence-corrected chi connectivity index (χ3v) is 9.81. The van der Waals surface area contributed by atoms with Crippen molar-refractivity contribution < 1.29 is 9.15 Å². The Hall–Kier alpha value is -6.84. The van der Waals surface area contributed by atoms with E-state index in [1.54, 1.807) is 7.11 Å². The molecule has 0 aliphatic rings. The number of aromatic nitrogens is 1. The van der Waals surface area contributed by atoms with Crippen LogP contribution in [0, 0.1) is 0 Å². The zero-order valence-corrected chi connectivity index (χ0v) is 28.7. The van der Waals surface area contributed by atoms with Gasteiger partial charge in [-0.3, -0.25) is 0 Å². The molecule has 248 valence electrons. The average molecular weight is 670 g/mol. The van der Waals surface area contributed by atoms with Gasteiger partial charge in [0.25, 0.3) is 0 Å². The third kappa shape index (κ3) is 5.78. The van der Waals surface area contributed by atoms with Crippen LogP contribution in [-0.2, 0) is 0 Å². The molecular weight excluding hydrogens is 635 g/mol. The summed E-state index contributed by atoms with van der Waals surface area (Å²) in [5.41, 5.74) is 13.6. The second kappa shape index (κ2) is 13.5. The molecule has 10 rings (SSSR count). The van der Waals surface area contributed by atoms with Gasteiger partial charge in [0.2, 0.25) is 0 Å². The summed E-state index contributed by atoms with van der Waals surface area (Å²) in [5.74, 6) is 0.896. The predicted molar refractivity (Wildman–Crippen MR) is 218 cm³/mol. The minimum atomic E-state index is 0.896. The van der Waals surface area contributed by atoms with E-state index in [0.717, 1.165) is 55.5 Å². The molecule has 0 radical (unpaired) electrons. The van der Waals surface area contributed by atoms with Crippen molar-refractivity contribution >= 4 is 43.7 Å². The summed E-state index contributed by atoms with van der Waals surface area (Å²) >= 11 is 0. The van der Waals surface area contributed by atoms with E-state index in [4.69, 9.17) is 9.15 Å². The Kier molecular flexibility index (Phi) is 8.07. The molecule has 3 nitrogen and oxygen atoms in total. The van der Waals surface area contributed by atoms with Crippen LogP contribution in [0.5, 0.6) is 5.75 Å². The van der Waals surface area contributed by atoms with E-state index in [0.29, 0.717) is 0 Å². The highest BCUT2D eigenvalue weighted by atomic mass is 16.5. The number of fused-ring (bicyclic) bond motifs is 6. The van der Waals surface area contributed by atoms with Gasteiger partial charge in [-0.15, -0.1) is 0 Å². The number of aromatic amines is 1. The Morgan fingerprint density at radius 3 is 1.77 bits per heavy atom. The highest BCUT2D eigenvalue weighted by molar-refractivity contribution is 6.10. The Morgan fingerprint density at radius 2 is 0.942 bits per heavy atom. The normalized spacial score (nSPS) is 11.2. The molecule has 2 aromatic heterocycles. The Labute approximate surface area is 302 Å². The summed E-state index contributed by atoms with van der Waals surface area (Å²) in [7, 11) is 1.71. The van der Waals surface area contributed by atoms with Gasteiger partial charge in [0.1, 0.15) is 16.9 Å². The minimum absolute atomic E-state index is 0.896. The van der Waals surface area contributed by atoms with Crippen LogP contribution in [0.25, 0.3) is 88.3 Å². The topological polar surface area (TPSA) is 38.2 Å². The van der Waals surface area contributed by atoms with Crippen molar-refractivity contribution in [1.29, 1.82) is 0 Å². The standard InChI is InChI=1S/C30H20O.C19H15NO/c1-2-9-21(10-3-1)22-11-6-12-23(19-22)24-13-7-14-25(20-24)26-16-8-17-28-27-15-4-5-18-29(27)31-30(26)28;1-21-19-9-5-3-6-14(19)13-10-11-16-15-7-2-4-8-17(15)20-18(16)12-13/h1-20H;2-12,20H,1H3. The fraction of sp³-hybridized carbons (Fsp3) is 0.0204. The van der Waals surface area contributed by atoms with Crippen molar-refractivity contribution in [3.05, 3.63) is 188 Å². The predicted octanol–water partition coefficient (Wildman–Crippen LogP) is 13.6. The van der Waals surface area contributed by atoms with Gasteiger partial charge in [0.05, 0.1) is 7.11 Å². The number of hydrogen-bond donors (Lipinski definition) is 1. The molecule has 0 aliphatic heterocycles. The van der Waals surface area contributed by atoms with Crippen LogP contribution in [0.2, 0.25) is 0 Å². The number of methoxy groups -OCH3 is 1. The number of benzene rings is 8. The maximum atomic E-state index is 6.26. The van der Waals surface area contributed by atoms with Crippen LogP contribution in [0.3, 0.4) is 0 Å². The van der Waals surface area contributed by atoms with Gasteiger partial charge in [0, 0.05) is 43.7 Å². The maximum Gasteiger partial charge on any atom is 0.143 e. The van der Waals surface area contributed by atoms with Gasteiger partial charge in [-0.1, -0.05) is 152 Å². The summed E-state index contributed by atoms with van der Waals surface area (Å²) in [6.07, 6.45) is 0. The number of ether oxygens (including phenoxy) is 1. The number of rotatable bonds is 5. The van der Waals surface area contributed by atoms with E-state index in [9.17, 15) is 0 Å². The molecule has 3 heteroatoms. The lowest BCUT2D eigenvalue weighted by molar-refractivity contribution is 0.416. The summed E-state index contributed by atoms with van der Waals surface area (Å²) in [5, 5.41) is 4.83. The van der Waals surface area contributed by atoms with Gasteiger partial charge in [0.15, 0.2) is 0 Å². The molecule has 0 bridgehead atoms. The molecule has 0 atom stereocenters. The van der Waals surface area contributed by atoms with Gasteiger partial charge in [-0.2, -0.15) is 0 Å². The molecule has 0 saturated carbocycles. The second-order valence-electron chi connectivity index (χ2n) is 12.9. The number of furan rings is 1. The van der Waals surface area contributed by atoms with Crippen molar-refractivity contribution in [2.75, 3.05) is 7.11 Å². The Morgan fingerprint density at radius 1 is 0.385 bits per heavy atom. The smallest absolute Gasteiger partial charge is 0.143 e. The van der Waals surface area contributed by atoms with Gasteiger partial charge >= 0.3 is 0 Å². The molecule has 0 unspecified atom stereocenters. The average Bonchev–Trinajstić information content (AvgIpc) is 3.80. The maximum absolute atomic E-state index is 6.26. The largest absolute Gasteiger partial charge is 0.496 e. The molecule has 0 saturated heterocycles. The van der Waals surface area contributed by atoms with Crippen LogP contribution in [0.4, 0.5) is 0 Å². The zero-order chi connectivity index (χ0) is 34.9. The van der Waals surface area contributed by atoms with Crippen molar-refractivity contribution in [1.82, 2.24) is 4.98 Å². The van der Waals surface area contributed by atoms with E-state index < -0.39 is 0 Å². The molecule has 0 spiro atoms. The van der Waals surface area contributed by atoms with E-state index >= 15 is 0 Å². The van der Waals surface area contributed by atoms with Crippen molar-refractivity contribution in [3.8, 4) is 50.3 Å². The van der Waals surface area contributed by atoms with E-state index in [2.05, 4.69) is 163 Å². The fourth-order valence-electron chi connectivity index (χ4n) is 7.25. The lowest BCUT2D eigenvalue weighted by Gasteiger charge is -2.09. The lowest BCUT2D eigenvalue weighted by Crippen LogP contribution is -1.87. The van der Waals surface area contributed by atoms with Crippen LogP contribution < -0.4 is 4.74 Å². The minimum Gasteiger partial charge on any atom is -0.496 e. The van der Waals surface area contributed by atoms with Crippen LogP contribution in [0.15, 0.2) is 192 Å². The first-order valence-corrected chi connectivity index (χ1v) is 17.5. The zero-order valence-electron chi connectivity index (χ0n) is 28.7. The number of H-pyrrole nitrogens is 1. The number of nitrogens with one attached hydrogen (secondary N) is 1. The number of hydrogen-bond acceptors (Lipinski definition) is 2. The molecule has 2 heterocycles. The monoisotopic (exact) mass is 669 g/mol. The van der Waals surface area contributed by atoms with Crippen LogP contribution >= 0.6 is 0 Å². The fourth-order valence-corrected chi connectivity index (χ4v) is 7.25. The Bertz CT molecular complexity index is 2840. The molecule has 0 fully saturated rings. The first-order chi connectivity index (χ1) is 25.7. The summed E-state index contributed by atoms with van der Waals surface area (Å²) < 4.78 is 11.7. The van der Waals surface area contributed by atoms with Gasteiger partial charge < -0.3 is 14.1 Å². The molecule has 0 amide bonds.